The van der Waals surface area contributed by atoms with Gasteiger partial charge in [-0.15, -0.1) is 0 Å². The minimum atomic E-state index is -3.08. The third-order valence-electron chi connectivity index (χ3n) is 4.26. The fourth-order valence-corrected chi connectivity index (χ4v) is 2.91. The van der Waals surface area contributed by atoms with E-state index >= 15 is 0 Å². The molecule has 2 aromatic rings. The zero-order valence-electron chi connectivity index (χ0n) is 17.1. The van der Waals surface area contributed by atoms with Gasteiger partial charge in [-0.05, 0) is 24.3 Å². The van der Waals surface area contributed by atoms with Crippen LogP contribution >= 0.6 is 0 Å². The first-order valence-electron chi connectivity index (χ1n) is 8.86. The van der Waals surface area contributed by atoms with Crippen molar-refractivity contribution in [3.63, 3.8) is 0 Å². The highest BCUT2D eigenvalue weighted by atomic mass is 19.3. The van der Waals surface area contributed by atoms with E-state index < -0.39 is 12.6 Å². The molecule has 8 nitrogen and oxygen atoms in total. The van der Waals surface area contributed by atoms with Crippen LogP contribution in [0.4, 0.5) is 8.78 Å². The number of methoxy groups -OCH3 is 4. The van der Waals surface area contributed by atoms with Crippen molar-refractivity contribution >= 4 is 17.9 Å². The molecular formula is C21H19F2NO7. The summed E-state index contributed by atoms with van der Waals surface area (Å²) in [6.45, 7) is -3.08. The lowest BCUT2D eigenvalue weighted by Crippen LogP contribution is -2.07. The third kappa shape index (κ3) is 4.52. The largest absolute Gasteiger partial charge is 0.493 e. The number of ether oxygens (including phenoxy) is 6. The highest BCUT2D eigenvalue weighted by molar-refractivity contribution is 6.13. The molecule has 1 heterocycles. The van der Waals surface area contributed by atoms with E-state index in [2.05, 4.69) is 9.73 Å². The SMILES string of the molecule is COc1cccc(/C=C2\N=C(c3cc(OC)c(OC)c(OC)c3)OC2=O)c1OC(F)F. The number of benzene rings is 2. The van der Waals surface area contributed by atoms with Gasteiger partial charge in [-0.25, -0.2) is 9.79 Å². The second-order valence-corrected chi connectivity index (χ2v) is 6.01. The number of para-hydroxylation sites is 1. The van der Waals surface area contributed by atoms with E-state index in [1.807, 2.05) is 0 Å². The zero-order valence-corrected chi connectivity index (χ0v) is 17.1. The fourth-order valence-electron chi connectivity index (χ4n) is 2.91. The van der Waals surface area contributed by atoms with E-state index in [1.54, 1.807) is 18.2 Å². The molecule has 164 valence electrons. The van der Waals surface area contributed by atoms with Crippen molar-refractivity contribution in [2.75, 3.05) is 28.4 Å². The quantitative estimate of drug-likeness (QED) is 0.462. The number of carbonyl (C=O) groups is 1. The number of alkyl halides is 2. The van der Waals surface area contributed by atoms with Crippen LogP contribution in [0.2, 0.25) is 0 Å². The summed E-state index contributed by atoms with van der Waals surface area (Å²) >= 11 is 0. The van der Waals surface area contributed by atoms with Gasteiger partial charge in [0.25, 0.3) is 0 Å². The summed E-state index contributed by atoms with van der Waals surface area (Å²) in [4.78, 5) is 16.6. The van der Waals surface area contributed by atoms with E-state index in [0.29, 0.717) is 22.8 Å². The normalized spacial score (nSPS) is 14.4. The van der Waals surface area contributed by atoms with Gasteiger partial charge in [-0.1, -0.05) is 12.1 Å². The topological polar surface area (TPSA) is 84.8 Å². The number of rotatable bonds is 8. The molecule has 3 rings (SSSR count). The number of esters is 1. The van der Waals surface area contributed by atoms with Crippen LogP contribution in [-0.4, -0.2) is 46.9 Å². The molecule has 0 saturated carbocycles. The number of cyclic esters (lactones) is 1. The Kier molecular flexibility index (Phi) is 6.58. The molecule has 0 saturated heterocycles. The van der Waals surface area contributed by atoms with Crippen molar-refractivity contribution in [1.29, 1.82) is 0 Å². The van der Waals surface area contributed by atoms with Crippen LogP contribution in [0.5, 0.6) is 28.7 Å². The number of halogens is 2. The van der Waals surface area contributed by atoms with E-state index in [0.717, 1.165) is 0 Å². The summed E-state index contributed by atoms with van der Waals surface area (Å²) in [5, 5.41) is 0. The predicted molar refractivity (Wildman–Crippen MR) is 106 cm³/mol. The van der Waals surface area contributed by atoms with Crippen molar-refractivity contribution in [2.24, 2.45) is 4.99 Å². The van der Waals surface area contributed by atoms with Crippen LogP contribution in [0, 0.1) is 0 Å². The third-order valence-corrected chi connectivity index (χ3v) is 4.26. The van der Waals surface area contributed by atoms with Crippen molar-refractivity contribution < 1.29 is 42.0 Å². The van der Waals surface area contributed by atoms with Gasteiger partial charge in [0, 0.05) is 11.1 Å². The Bertz CT molecular complexity index is 1030. The highest BCUT2D eigenvalue weighted by Crippen LogP contribution is 2.39. The van der Waals surface area contributed by atoms with Crippen LogP contribution in [0.1, 0.15) is 11.1 Å². The average molecular weight is 435 g/mol. The lowest BCUT2D eigenvalue weighted by Gasteiger charge is -2.13. The maximum absolute atomic E-state index is 12.8. The molecule has 2 aromatic carbocycles. The molecular weight excluding hydrogens is 416 g/mol. The van der Waals surface area contributed by atoms with Crippen LogP contribution in [0.15, 0.2) is 41.0 Å². The minimum absolute atomic E-state index is 0.0188. The van der Waals surface area contributed by atoms with Gasteiger partial charge < -0.3 is 28.4 Å². The highest BCUT2D eigenvalue weighted by Gasteiger charge is 2.27. The van der Waals surface area contributed by atoms with E-state index in [1.165, 1.54) is 46.6 Å². The Morgan fingerprint density at radius 1 is 0.935 bits per heavy atom. The standard InChI is InChI=1S/C21H19F2NO7/c1-26-14-7-5-6-11(17(14)30-21(22)23)8-13-20(25)31-19(24-13)12-9-15(27-2)18(29-4)16(10-12)28-3/h5-10,21H,1-4H3/b13-8-. The van der Waals surface area contributed by atoms with Crippen molar-refractivity contribution in [2.45, 2.75) is 6.61 Å². The summed E-state index contributed by atoms with van der Waals surface area (Å²) in [6.07, 6.45) is 1.27. The Balaban J connectivity index is 2.05. The Labute approximate surface area is 176 Å². The number of nitrogens with zero attached hydrogens (tertiary/aromatic N) is 1. The number of aliphatic imine (C=N–C) groups is 1. The van der Waals surface area contributed by atoms with E-state index in [9.17, 15) is 13.6 Å². The van der Waals surface area contributed by atoms with Crippen LogP contribution in [0.3, 0.4) is 0 Å². The second kappa shape index (κ2) is 9.33. The van der Waals surface area contributed by atoms with Gasteiger partial charge in [-0.3, -0.25) is 0 Å². The smallest absolute Gasteiger partial charge is 0.387 e. The van der Waals surface area contributed by atoms with Crippen LogP contribution in [-0.2, 0) is 9.53 Å². The van der Waals surface area contributed by atoms with Gasteiger partial charge in [0.15, 0.2) is 28.7 Å². The summed E-state index contributed by atoms with van der Waals surface area (Å²) in [5.74, 6) is 0.109. The first kappa shape index (κ1) is 21.9. The molecule has 0 aromatic heterocycles. The molecule has 0 spiro atoms. The lowest BCUT2D eigenvalue weighted by atomic mass is 10.1. The maximum Gasteiger partial charge on any atom is 0.387 e. The van der Waals surface area contributed by atoms with Gasteiger partial charge in [-0.2, -0.15) is 8.78 Å². The molecule has 0 unspecified atom stereocenters. The number of hydrogen-bond acceptors (Lipinski definition) is 8. The first-order valence-corrected chi connectivity index (χ1v) is 8.86. The summed E-state index contributed by atoms with van der Waals surface area (Å²) < 4.78 is 56.4. The van der Waals surface area contributed by atoms with Gasteiger partial charge >= 0.3 is 12.6 Å². The molecule has 10 heteroatoms. The monoisotopic (exact) mass is 435 g/mol. The molecule has 0 radical (unpaired) electrons. The van der Waals surface area contributed by atoms with Crippen LogP contribution < -0.4 is 23.7 Å². The summed E-state index contributed by atoms with van der Waals surface area (Å²) in [5.41, 5.74) is 0.443. The Morgan fingerprint density at radius 3 is 2.13 bits per heavy atom. The molecule has 1 aliphatic heterocycles. The molecule has 0 bridgehead atoms. The van der Waals surface area contributed by atoms with E-state index in [4.69, 9.17) is 23.7 Å². The minimum Gasteiger partial charge on any atom is -0.493 e. The average Bonchev–Trinajstić information content (AvgIpc) is 3.13. The first-order chi connectivity index (χ1) is 14.9. The molecule has 0 aliphatic carbocycles. The molecule has 31 heavy (non-hydrogen) atoms. The number of carbonyl (C=O) groups excluding carboxylic acids is 1. The predicted octanol–water partition coefficient (Wildman–Crippen LogP) is 3.67. The molecule has 0 amide bonds. The van der Waals surface area contributed by atoms with Crippen molar-refractivity contribution in [3.8, 4) is 28.7 Å². The van der Waals surface area contributed by atoms with Gasteiger partial charge in [0.1, 0.15) is 0 Å². The van der Waals surface area contributed by atoms with Crippen LogP contribution in [0.25, 0.3) is 6.08 Å². The lowest BCUT2D eigenvalue weighted by molar-refractivity contribution is -0.129. The maximum atomic E-state index is 12.8. The second-order valence-electron chi connectivity index (χ2n) is 6.01. The summed E-state index contributed by atoms with van der Waals surface area (Å²) in [7, 11) is 5.67. The molecule has 0 atom stereocenters. The van der Waals surface area contributed by atoms with Crippen molar-refractivity contribution in [1.82, 2.24) is 0 Å². The van der Waals surface area contributed by atoms with Crippen molar-refractivity contribution in [3.05, 3.63) is 47.2 Å². The Morgan fingerprint density at radius 2 is 1.58 bits per heavy atom. The fraction of sp³-hybridized carbons (Fsp3) is 0.238. The zero-order chi connectivity index (χ0) is 22.5. The number of hydrogen-bond donors (Lipinski definition) is 0. The molecule has 0 fully saturated rings. The Hall–Kier alpha value is -3.82. The molecule has 0 N–H and O–H groups in total. The van der Waals surface area contributed by atoms with E-state index in [-0.39, 0.29) is 28.7 Å². The van der Waals surface area contributed by atoms with Gasteiger partial charge in [0.2, 0.25) is 11.6 Å². The summed E-state index contributed by atoms with van der Waals surface area (Å²) in [6, 6.07) is 7.62. The van der Waals surface area contributed by atoms with Gasteiger partial charge in [0.05, 0.1) is 28.4 Å². The molecule has 1 aliphatic rings.